The van der Waals surface area contributed by atoms with Gasteiger partial charge in [-0.2, -0.15) is 0 Å². The summed E-state index contributed by atoms with van der Waals surface area (Å²) < 4.78 is 25.1. The van der Waals surface area contributed by atoms with Crippen LogP contribution in [0.4, 0.5) is 4.39 Å². The predicted molar refractivity (Wildman–Crippen MR) is 110 cm³/mol. The number of hydrogen-bond acceptors (Lipinski definition) is 3. The lowest BCUT2D eigenvalue weighted by Gasteiger charge is -2.17. The van der Waals surface area contributed by atoms with E-state index in [-0.39, 0.29) is 18.5 Å². The number of nitrogens with one attached hydrogen (secondary N) is 1. The standard InChI is InChI=1S/C23H23ClFNO2/c24-22-12-18(25)9-7-17(22)15-28-23-10-8-16-4-1-2-6-20(16)21(23)14-26-13-19-5-3-11-27-19/h1-2,4,6-10,12,19,26H,3,5,11,13-15H2. The summed E-state index contributed by atoms with van der Waals surface area (Å²) in [4.78, 5) is 0. The third kappa shape index (κ3) is 4.46. The molecule has 0 saturated carbocycles. The van der Waals surface area contributed by atoms with E-state index in [9.17, 15) is 4.39 Å². The fraction of sp³-hybridized carbons (Fsp3) is 0.304. The minimum Gasteiger partial charge on any atom is -0.488 e. The maximum absolute atomic E-state index is 13.3. The van der Waals surface area contributed by atoms with E-state index in [1.165, 1.54) is 17.5 Å². The minimum absolute atomic E-state index is 0.288. The van der Waals surface area contributed by atoms with Crippen LogP contribution < -0.4 is 10.1 Å². The molecule has 1 fully saturated rings. The highest BCUT2D eigenvalue weighted by Crippen LogP contribution is 2.29. The van der Waals surface area contributed by atoms with Crippen LogP contribution in [0.1, 0.15) is 24.0 Å². The molecule has 4 rings (SSSR count). The molecule has 1 aliphatic heterocycles. The third-order valence-corrected chi connectivity index (χ3v) is 5.45. The first kappa shape index (κ1) is 19.2. The molecule has 0 amide bonds. The zero-order chi connectivity index (χ0) is 19.3. The highest BCUT2D eigenvalue weighted by molar-refractivity contribution is 6.31. The lowest BCUT2D eigenvalue weighted by atomic mass is 10.0. The van der Waals surface area contributed by atoms with Crippen molar-refractivity contribution < 1.29 is 13.9 Å². The summed E-state index contributed by atoms with van der Waals surface area (Å²) >= 11 is 6.14. The van der Waals surface area contributed by atoms with E-state index in [4.69, 9.17) is 21.1 Å². The Morgan fingerprint density at radius 3 is 2.86 bits per heavy atom. The number of halogens is 2. The van der Waals surface area contributed by atoms with E-state index >= 15 is 0 Å². The van der Waals surface area contributed by atoms with E-state index in [1.807, 2.05) is 18.2 Å². The van der Waals surface area contributed by atoms with Gasteiger partial charge in [0.15, 0.2) is 0 Å². The Kier molecular flexibility index (Phi) is 6.10. The maximum Gasteiger partial charge on any atom is 0.124 e. The van der Waals surface area contributed by atoms with E-state index < -0.39 is 0 Å². The lowest BCUT2D eigenvalue weighted by Crippen LogP contribution is -2.26. The van der Waals surface area contributed by atoms with Crippen molar-refractivity contribution in [2.75, 3.05) is 13.2 Å². The van der Waals surface area contributed by atoms with Crippen molar-refractivity contribution in [3.8, 4) is 5.75 Å². The summed E-state index contributed by atoms with van der Waals surface area (Å²) in [5.74, 6) is 0.456. The fourth-order valence-corrected chi connectivity index (χ4v) is 3.81. The Morgan fingerprint density at radius 1 is 1.14 bits per heavy atom. The zero-order valence-corrected chi connectivity index (χ0v) is 16.3. The van der Waals surface area contributed by atoms with Gasteiger partial charge in [0.2, 0.25) is 0 Å². The first-order chi connectivity index (χ1) is 13.7. The van der Waals surface area contributed by atoms with Gasteiger partial charge in [-0.25, -0.2) is 4.39 Å². The first-order valence-corrected chi connectivity index (χ1v) is 9.98. The quantitative estimate of drug-likeness (QED) is 0.570. The molecule has 0 aliphatic carbocycles. The Morgan fingerprint density at radius 2 is 2.04 bits per heavy atom. The Bertz CT molecular complexity index is 956. The van der Waals surface area contributed by atoms with Crippen molar-refractivity contribution in [2.24, 2.45) is 0 Å². The van der Waals surface area contributed by atoms with Gasteiger partial charge in [-0.15, -0.1) is 0 Å². The normalized spacial score (nSPS) is 16.6. The molecule has 0 radical (unpaired) electrons. The van der Waals surface area contributed by atoms with Gasteiger partial charge in [-0.1, -0.05) is 48.0 Å². The Balaban J connectivity index is 1.53. The second-order valence-corrected chi connectivity index (χ2v) is 7.46. The molecular formula is C23H23ClFNO2. The van der Waals surface area contributed by atoms with Crippen molar-refractivity contribution in [1.29, 1.82) is 0 Å². The molecule has 1 unspecified atom stereocenters. The molecule has 3 nitrogen and oxygen atoms in total. The summed E-state index contributed by atoms with van der Waals surface area (Å²) in [5.41, 5.74) is 1.86. The van der Waals surface area contributed by atoms with E-state index in [0.29, 0.717) is 11.6 Å². The summed E-state index contributed by atoms with van der Waals surface area (Å²) in [5, 5.41) is 6.21. The molecule has 1 atom stereocenters. The highest BCUT2D eigenvalue weighted by Gasteiger charge is 2.16. The minimum atomic E-state index is -0.349. The van der Waals surface area contributed by atoms with Gasteiger partial charge in [0.1, 0.15) is 18.2 Å². The van der Waals surface area contributed by atoms with Crippen LogP contribution in [0.5, 0.6) is 5.75 Å². The fourth-order valence-electron chi connectivity index (χ4n) is 3.59. The smallest absolute Gasteiger partial charge is 0.124 e. The molecule has 0 aromatic heterocycles. The molecule has 1 saturated heterocycles. The molecule has 1 N–H and O–H groups in total. The van der Waals surface area contributed by atoms with Crippen LogP contribution in [0, 0.1) is 5.82 Å². The molecule has 28 heavy (non-hydrogen) atoms. The van der Waals surface area contributed by atoms with Crippen LogP contribution in [0.25, 0.3) is 10.8 Å². The van der Waals surface area contributed by atoms with E-state index in [1.54, 1.807) is 6.07 Å². The van der Waals surface area contributed by atoms with Gasteiger partial charge < -0.3 is 14.8 Å². The second kappa shape index (κ2) is 8.91. The van der Waals surface area contributed by atoms with Gasteiger partial charge in [0.05, 0.1) is 11.1 Å². The van der Waals surface area contributed by atoms with Crippen molar-refractivity contribution in [2.45, 2.75) is 32.1 Å². The Labute approximate surface area is 169 Å². The second-order valence-electron chi connectivity index (χ2n) is 7.05. The van der Waals surface area contributed by atoms with Crippen LogP contribution in [-0.4, -0.2) is 19.3 Å². The van der Waals surface area contributed by atoms with Crippen molar-refractivity contribution in [1.82, 2.24) is 5.32 Å². The van der Waals surface area contributed by atoms with Crippen LogP contribution in [0.15, 0.2) is 54.6 Å². The lowest BCUT2D eigenvalue weighted by molar-refractivity contribution is 0.110. The average molecular weight is 400 g/mol. The summed E-state index contributed by atoms with van der Waals surface area (Å²) in [6, 6.07) is 16.7. The van der Waals surface area contributed by atoms with Gasteiger partial charge in [-0.05, 0) is 41.8 Å². The van der Waals surface area contributed by atoms with Gasteiger partial charge in [0.25, 0.3) is 0 Å². The van der Waals surface area contributed by atoms with Gasteiger partial charge in [0, 0.05) is 30.8 Å². The van der Waals surface area contributed by atoms with Gasteiger partial charge in [-0.3, -0.25) is 0 Å². The van der Waals surface area contributed by atoms with Crippen molar-refractivity contribution in [3.05, 3.63) is 76.6 Å². The topological polar surface area (TPSA) is 30.5 Å². The maximum atomic E-state index is 13.3. The number of hydrogen-bond donors (Lipinski definition) is 1. The van der Waals surface area contributed by atoms with Crippen molar-refractivity contribution >= 4 is 22.4 Å². The van der Waals surface area contributed by atoms with Crippen LogP contribution in [-0.2, 0) is 17.9 Å². The molecule has 1 aliphatic rings. The highest BCUT2D eigenvalue weighted by atomic mass is 35.5. The number of benzene rings is 3. The van der Waals surface area contributed by atoms with Crippen LogP contribution in [0.2, 0.25) is 5.02 Å². The molecule has 146 valence electrons. The average Bonchev–Trinajstić information content (AvgIpc) is 3.21. The van der Waals surface area contributed by atoms with Gasteiger partial charge >= 0.3 is 0 Å². The first-order valence-electron chi connectivity index (χ1n) is 9.60. The van der Waals surface area contributed by atoms with Crippen molar-refractivity contribution in [3.63, 3.8) is 0 Å². The summed E-state index contributed by atoms with van der Waals surface area (Å²) in [6.45, 7) is 2.66. The largest absolute Gasteiger partial charge is 0.488 e. The SMILES string of the molecule is Fc1ccc(COc2ccc3ccccc3c2CNCC2CCCO2)c(Cl)c1. The molecule has 0 spiro atoms. The molecular weight excluding hydrogens is 377 g/mol. The van der Waals surface area contributed by atoms with E-state index in [0.717, 1.165) is 48.3 Å². The zero-order valence-electron chi connectivity index (χ0n) is 15.6. The number of fused-ring (bicyclic) bond motifs is 1. The molecule has 3 aromatic carbocycles. The molecule has 5 heteroatoms. The predicted octanol–water partition coefficient (Wildman–Crippen LogP) is 5.48. The Hall–Kier alpha value is -2.14. The third-order valence-electron chi connectivity index (χ3n) is 5.09. The number of rotatable bonds is 7. The summed E-state index contributed by atoms with van der Waals surface area (Å²) in [6.07, 6.45) is 2.53. The van der Waals surface area contributed by atoms with E-state index in [2.05, 4.69) is 23.5 Å². The molecule has 1 heterocycles. The van der Waals surface area contributed by atoms with Crippen LogP contribution >= 0.6 is 11.6 Å². The van der Waals surface area contributed by atoms with Crippen LogP contribution in [0.3, 0.4) is 0 Å². The summed E-state index contributed by atoms with van der Waals surface area (Å²) in [7, 11) is 0. The molecule has 0 bridgehead atoms. The monoisotopic (exact) mass is 399 g/mol. The number of ether oxygens (including phenoxy) is 2. The molecule has 3 aromatic rings.